The van der Waals surface area contributed by atoms with Gasteiger partial charge in [-0.2, -0.15) is 0 Å². The number of esters is 1. The Kier molecular flexibility index (Phi) is 6.66. The minimum atomic E-state index is -0.352. The van der Waals surface area contributed by atoms with Gasteiger partial charge in [-0.15, -0.1) is 0 Å². The molecule has 0 aliphatic carbocycles. The van der Waals surface area contributed by atoms with Crippen LogP contribution in [0.5, 0.6) is 0 Å². The molecule has 0 radical (unpaired) electrons. The van der Waals surface area contributed by atoms with Gasteiger partial charge in [0, 0.05) is 0 Å². The number of methoxy groups -OCH3 is 1. The molecule has 1 aromatic rings. The molecule has 0 aromatic heterocycles. The smallest absolute Gasteiger partial charge is 0.310 e. The minimum absolute atomic E-state index is 0.169. The van der Waals surface area contributed by atoms with Crippen molar-refractivity contribution in [2.75, 3.05) is 7.11 Å². The summed E-state index contributed by atoms with van der Waals surface area (Å²) < 4.78 is 4.48. The lowest BCUT2D eigenvalue weighted by molar-refractivity contribution is -0.149. The van der Waals surface area contributed by atoms with Crippen LogP contribution in [0.2, 0.25) is 0 Å². The first-order valence-electron chi connectivity index (χ1n) is 7.48. The van der Waals surface area contributed by atoms with E-state index in [0.717, 1.165) is 0 Å². The Labute approximate surface area is 130 Å². The van der Waals surface area contributed by atoms with Gasteiger partial charge < -0.3 is 4.74 Å². The van der Waals surface area contributed by atoms with Gasteiger partial charge in [-0.3, -0.25) is 4.79 Å². The van der Waals surface area contributed by atoms with E-state index >= 15 is 0 Å². The van der Waals surface area contributed by atoms with Crippen LogP contribution in [0.25, 0.3) is 0 Å². The SMILES string of the molecule is CC(C)(C)C(C)(C)c1ccccc1.COC(=O)C(C)(C)C. The Balaban J connectivity index is 0.000000433. The number of rotatable bonds is 1. The maximum absolute atomic E-state index is 10.6. The molecule has 0 aliphatic rings. The summed E-state index contributed by atoms with van der Waals surface area (Å²) in [5.41, 5.74) is 1.60. The highest BCUT2D eigenvalue weighted by Crippen LogP contribution is 2.40. The van der Waals surface area contributed by atoms with Crippen LogP contribution in [0, 0.1) is 10.8 Å². The van der Waals surface area contributed by atoms with E-state index in [1.807, 2.05) is 20.8 Å². The normalized spacial score (nSPS) is 12.2. The fraction of sp³-hybridized carbons (Fsp3) is 0.632. The van der Waals surface area contributed by atoms with E-state index in [9.17, 15) is 4.79 Å². The summed E-state index contributed by atoms with van der Waals surface area (Å²) >= 11 is 0. The van der Waals surface area contributed by atoms with Gasteiger partial charge in [-0.05, 0) is 37.2 Å². The molecule has 120 valence electrons. The van der Waals surface area contributed by atoms with E-state index in [4.69, 9.17) is 0 Å². The molecule has 21 heavy (non-hydrogen) atoms. The van der Waals surface area contributed by atoms with Gasteiger partial charge in [0.2, 0.25) is 0 Å². The van der Waals surface area contributed by atoms with Crippen LogP contribution in [0.15, 0.2) is 30.3 Å². The highest BCUT2D eigenvalue weighted by molar-refractivity contribution is 5.75. The van der Waals surface area contributed by atoms with Crippen LogP contribution < -0.4 is 0 Å². The summed E-state index contributed by atoms with van der Waals surface area (Å²) in [5, 5.41) is 0. The second-order valence-corrected chi connectivity index (χ2v) is 7.98. The van der Waals surface area contributed by atoms with Gasteiger partial charge in [0.25, 0.3) is 0 Å². The van der Waals surface area contributed by atoms with Gasteiger partial charge in [0.05, 0.1) is 12.5 Å². The number of hydrogen-bond donors (Lipinski definition) is 0. The molecule has 0 fully saturated rings. The second kappa shape index (κ2) is 7.11. The van der Waals surface area contributed by atoms with Gasteiger partial charge >= 0.3 is 5.97 Å². The van der Waals surface area contributed by atoms with E-state index in [2.05, 4.69) is 69.7 Å². The molecule has 0 amide bonds. The maximum Gasteiger partial charge on any atom is 0.310 e. The molecular formula is C19H32O2. The van der Waals surface area contributed by atoms with Crippen LogP contribution >= 0.6 is 0 Å². The van der Waals surface area contributed by atoms with Crippen molar-refractivity contribution in [1.82, 2.24) is 0 Å². The van der Waals surface area contributed by atoms with Crippen molar-refractivity contribution in [3.05, 3.63) is 35.9 Å². The Morgan fingerprint density at radius 3 is 1.52 bits per heavy atom. The van der Waals surface area contributed by atoms with Crippen molar-refractivity contribution in [1.29, 1.82) is 0 Å². The fourth-order valence-electron chi connectivity index (χ4n) is 1.59. The first kappa shape index (κ1) is 19.7. The number of benzene rings is 1. The summed E-state index contributed by atoms with van der Waals surface area (Å²) in [6, 6.07) is 10.7. The van der Waals surface area contributed by atoms with Crippen molar-refractivity contribution in [3.8, 4) is 0 Å². The Morgan fingerprint density at radius 2 is 1.29 bits per heavy atom. The van der Waals surface area contributed by atoms with Gasteiger partial charge in [0.1, 0.15) is 0 Å². The van der Waals surface area contributed by atoms with Crippen molar-refractivity contribution in [2.24, 2.45) is 10.8 Å². The molecule has 1 rings (SSSR count). The highest BCUT2D eigenvalue weighted by atomic mass is 16.5. The molecule has 0 aliphatic heterocycles. The zero-order valence-electron chi connectivity index (χ0n) is 15.2. The van der Waals surface area contributed by atoms with E-state index in [0.29, 0.717) is 5.41 Å². The standard InChI is InChI=1S/C13H20.C6H12O2/c1-12(2,3)13(4,5)11-9-7-6-8-10-11;1-6(2,3)5(7)8-4/h6-10H,1-5H3;1-4H3. The molecule has 0 unspecified atom stereocenters. The van der Waals surface area contributed by atoms with Crippen molar-refractivity contribution < 1.29 is 9.53 Å². The van der Waals surface area contributed by atoms with Crippen molar-refractivity contribution in [3.63, 3.8) is 0 Å². The Morgan fingerprint density at radius 1 is 0.857 bits per heavy atom. The summed E-state index contributed by atoms with van der Waals surface area (Å²) in [6.45, 7) is 16.9. The van der Waals surface area contributed by atoms with Crippen molar-refractivity contribution >= 4 is 5.97 Å². The quantitative estimate of drug-likeness (QED) is 0.664. The summed E-state index contributed by atoms with van der Waals surface area (Å²) in [6.07, 6.45) is 0. The number of carbonyl (C=O) groups is 1. The summed E-state index contributed by atoms with van der Waals surface area (Å²) in [4.78, 5) is 10.6. The first-order valence-corrected chi connectivity index (χ1v) is 7.48. The Hall–Kier alpha value is -1.31. The molecule has 2 heteroatoms. The predicted molar refractivity (Wildman–Crippen MR) is 90.4 cm³/mol. The second-order valence-electron chi connectivity index (χ2n) is 7.98. The summed E-state index contributed by atoms with van der Waals surface area (Å²) in [5.74, 6) is -0.169. The largest absolute Gasteiger partial charge is 0.469 e. The average molecular weight is 292 g/mol. The topological polar surface area (TPSA) is 26.3 Å². The van der Waals surface area contributed by atoms with Crippen LogP contribution in [-0.2, 0) is 14.9 Å². The molecule has 0 saturated carbocycles. The monoisotopic (exact) mass is 292 g/mol. The third-order valence-corrected chi connectivity index (χ3v) is 4.17. The molecular weight excluding hydrogens is 260 g/mol. The molecule has 0 saturated heterocycles. The zero-order chi connectivity index (χ0) is 16.9. The van der Waals surface area contributed by atoms with Crippen LogP contribution in [0.4, 0.5) is 0 Å². The molecule has 1 aromatic carbocycles. The molecule has 0 bridgehead atoms. The van der Waals surface area contributed by atoms with E-state index in [1.54, 1.807) is 0 Å². The number of carbonyl (C=O) groups excluding carboxylic acids is 1. The van der Waals surface area contributed by atoms with Gasteiger partial charge in [0.15, 0.2) is 0 Å². The van der Waals surface area contributed by atoms with E-state index in [1.165, 1.54) is 12.7 Å². The van der Waals surface area contributed by atoms with Crippen LogP contribution in [0.3, 0.4) is 0 Å². The van der Waals surface area contributed by atoms with E-state index in [-0.39, 0.29) is 16.8 Å². The third kappa shape index (κ3) is 5.91. The van der Waals surface area contributed by atoms with Crippen LogP contribution in [0.1, 0.15) is 61.0 Å². The highest BCUT2D eigenvalue weighted by Gasteiger charge is 2.33. The first-order chi connectivity index (χ1) is 9.34. The minimum Gasteiger partial charge on any atom is -0.469 e. The predicted octanol–water partition coefficient (Wildman–Crippen LogP) is 5.22. The van der Waals surface area contributed by atoms with Crippen LogP contribution in [-0.4, -0.2) is 13.1 Å². The van der Waals surface area contributed by atoms with Crippen molar-refractivity contribution in [2.45, 2.75) is 60.8 Å². The molecule has 2 nitrogen and oxygen atoms in total. The molecule has 0 N–H and O–H groups in total. The maximum atomic E-state index is 10.6. The Bertz CT molecular complexity index is 431. The third-order valence-electron chi connectivity index (χ3n) is 4.17. The zero-order valence-corrected chi connectivity index (χ0v) is 15.2. The lowest BCUT2D eigenvalue weighted by Gasteiger charge is -2.39. The molecule has 0 atom stereocenters. The van der Waals surface area contributed by atoms with Gasteiger partial charge in [-0.1, -0.05) is 65.0 Å². The number of ether oxygens (including phenoxy) is 1. The van der Waals surface area contributed by atoms with E-state index < -0.39 is 0 Å². The lowest BCUT2D eigenvalue weighted by atomic mass is 9.65. The molecule has 0 spiro atoms. The summed E-state index contributed by atoms with van der Waals surface area (Å²) in [7, 11) is 1.40. The van der Waals surface area contributed by atoms with Gasteiger partial charge in [-0.25, -0.2) is 0 Å². The lowest BCUT2D eigenvalue weighted by Crippen LogP contribution is -2.33. The molecule has 0 heterocycles. The average Bonchev–Trinajstić information content (AvgIpc) is 2.37. The number of hydrogen-bond acceptors (Lipinski definition) is 2. The fourth-order valence-corrected chi connectivity index (χ4v) is 1.59.